The maximum Gasteiger partial charge on any atom is 0.188 e. The summed E-state index contributed by atoms with van der Waals surface area (Å²) >= 11 is 3.47. The van der Waals surface area contributed by atoms with E-state index in [4.69, 9.17) is 10.9 Å². The summed E-state index contributed by atoms with van der Waals surface area (Å²) in [4.78, 5) is 4.04. The summed E-state index contributed by atoms with van der Waals surface area (Å²) in [6.07, 6.45) is 1.64. The van der Waals surface area contributed by atoms with Crippen molar-refractivity contribution >= 4 is 27.5 Å². The van der Waals surface area contributed by atoms with Gasteiger partial charge in [-0.25, -0.2) is 0 Å². The van der Waals surface area contributed by atoms with Crippen LogP contribution in [0.25, 0.3) is 0 Å². The van der Waals surface area contributed by atoms with Crippen molar-refractivity contribution in [3.8, 4) is 0 Å². The van der Waals surface area contributed by atoms with Gasteiger partial charge in [-0.2, -0.15) is 0 Å². The molecule has 0 radical (unpaired) electrons. The highest BCUT2D eigenvalue weighted by Crippen LogP contribution is 2.20. The van der Waals surface area contributed by atoms with Gasteiger partial charge in [0, 0.05) is 22.9 Å². The number of anilines is 1. The maximum absolute atomic E-state index is 8.65. The van der Waals surface area contributed by atoms with Crippen molar-refractivity contribution in [3.63, 3.8) is 0 Å². The fraction of sp³-hybridized carbons (Fsp3) is 0.143. The Hall–Kier alpha value is -2.08. The molecule has 0 aliphatic rings. The number of halogens is 1. The molecule has 1 heterocycles. The van der Waals surface area contributed by atoms with Gasteiger partial charge in [0.25, 0.3) is 0 Å². The molecule has 6 heteroatoms. The Morgan fingerprint density at radius 1 is 1.40 bits per heavy atom. The van der Waals surface area contributed by atoms with Crippen molar-refractivity contribution in [2.24, 2.45) is 10.9 Å². The van der Waals surface area contributed by atoms with Crippen LogP contribution in [-0.4, -0.2) is 16.0 Å². The van der Waals surface area contributed by atoms with Crippen molar-refractivity contribution in [2.75, 3.05) is 5.32 Å². The monoisotopic (exact) mass is 334 g/mol. The minimum absolute atomic E-state index is 0.00587. The van der Waals surface area contributed by atoms with E-state index in [-0.39, 0.29) is 5.84 Å². The van der Waals surface area contributed by atoms with E-state index in [1.807, 2.05) is 25.1 Å². The molecule has 5 nitrogen and oxygen atoms in total. The van der Waals surface area contributed by atoms with Gasteiger partial charge in [0.2, 0.25) is 0 Å². The molecule has 1 aromatic heterocycles. The summed E-state index contributed by atoms with van der Waals surface area (Å²) in [6.45, 7) is 2.67. The maximum atomic E-state index is 8.65. The number of nitrogens with zero attached hydrogens (tertiary/aromatic N) is 2. The molecule has 2 aromatic rings. The van der Waals surface area contributed by atoms with Crippen LogP contribution in [0.2, 0.25) is 0 Å². The van der Waals surface area contributed by atoms with Crippen LogP contribution in [0, 0.1) is 6.92 Å². The third kappa shape index (κ3) is 3.48. The molecule has 0 atom stereocenters. The lowest BCUT2D eigenvalue weighted by molar-refractivity contribution is 0.318. The van der Waals surface area contributed by atoms with E-state index >= 15 is 0 Å². The number of oxime groups is 1. The summed E-state index contributed by atoms with van der Waals surface area (Å²) < 4.78 is 1.08. The average Bonchev–Trinajstić information content (AvgIpc) is 2.48. The summed E-state index contributed by atoms with van der Waals surface area (Å²) in [6, 6.07) is 9.74. The molecule has 0 saturated carbocycles. The fourth-order valence-corrected chi connectivity index (χ4v) is 1.98. The van der Waals surface area contributed by atoms with E-state index in [1.165, 1.54) is 5.56 Å². The molecular weight excluding hydrogens is 320 g/mol. The standard InChI is InChI=1S/C14H15BrN4O/c1-9-6-11(2-3-12(9)15)18-8-10-4-5-17-13(7-10)14(16)19-20/h2-7,18,20H,8H2,1H3,(H2,16,19). The molecule has 20 heavy (non-hydrogen) atoms. The number of aromatic nitrogens is 1. The van der Waals surface area contributed by atoms with E-state index in [0.717, 1.165) is 15.7 Å². The second-order valence-electron chi connectivity index (χ2n) is 4.35. The third-order valence-corrected chi connectivity index (χ3v) is 3.74. The highest BCUT2D eigenvalue weighted by molar-refractivity contribution is 9.10. The van der Waals surface area contributed by atoms with Gasteiger partial charge >= 0.3 is 0 Å². The Balaban J connectivity index is 2.09. The molecule has 4 N–H and O–H groups in total. The Labute approximate surface area is 125 Å². The van der Waals surface area contributed by atoms with Gasteiger partial charge in [-0.3, -0.25) is 4.98 Å². The molecule has 104 valence electrons. The van der Waals surface area contributed by atoms with Gasteiger partial charge in [-0.15, -0.1) is 0 Å². The summed E-state index contributed by atoms with van der Waals surface area (Å²) in [5, 5.41) is 14.9. The van der Waals surface area contributed by atoms with E-state index in [2.05, 4.69) is 37.5 Å². The largest absolute Gasteiger partial charge is 0.409 e. The number of nitrogens with two attached hydrogens (primary N) is 1. The second kappa shape index (κ2) is 6.38. The van der Waals surface area contributed by atoms with Gasteiger partial charge in [0.05, 0.1) is 0 Å². The summed E-state index contributed by atoms with van der Waals surface area (Å²) in [5.74, 6) is 0.00587. The minimum Gasteiger partial charge on any atom is -0.409 e. The van der Waals surface area contributed by atoms with E-state index < -0.39 is 0 Å². The van der Waals surface area contributed by atoms with Crippen molar-refractivity contribution in [2.45, 2.75) is 13.5 Å². The van der Waals surface area contributed by atoms with Gasteiger partial charge in [-0.05, 0) is 48.4 Å². The zero-order valence-corrected chi connectivity index (χ0v) is 12.6. The molecular formula is C14H15BrN4O. The van der Waals surface area contributed by atoms with Gasteiger partial charge in [0.1, 0.15) is 5.69 Å². The first kappa shape index (κ1) is 14.3. The van der Waals surface area contributed by atoms with E-state index in [1.54, 1.807) is 12.3 Å². The molecule has 0 spiro atoms. The smallest absolute Gasteiger partial charge is 0.188 e. The Morgan fingerprint density at radius 3 is 2.90 bits per heavy atom. The number of hydrogen-bond acceptors (Lipinski definition) is 4. The highest BCUT2D eigenvalue weighted by Gasteiger charge is 2.03. The Kier molecular flexibility index (Phi) is 4.57. The summed E-state index contributed by atoms with van der Waals surface area (Å²) in [7, 11) is 0. The highest BCUT2D eigenvalue weighted by atomic mass is 79.9. The van der Waals surface area contributed by atoms with Crippen LogP contribution in [0.4, 0.5) is 5.69 Å². The lowest BCUT2D eigenvalue weighted by Gasteiger charge is -2.09. The zero-order valence-electron chi connectivity index (χ0n) is 11.0. The van der Waals surface area contributed by atoms with Gasteiger partial charge < -0.3 is 16.3 Å². The zero-order chi connectivity index (χ0) is 14.5. The molecule has 1 aromatic carbocycles. The lowest BCUT2D eigenvalue weighted by atomic mass is 10.2. The number of aryl methyl sites for hydroxylation is 1. The number of hydrogen-bond donors (Lipinski definition) is 3. The fourth-order valence-electron chi connectivity index (χ4n) is 1.73. The normalized spacial score (nSPS) is 11.4. The number of amidine groups is 1. The molecule has 0 unspecified atom stereocenters. The van der Waals surface area contributed by atoms with Crippen molar-refractivity contribution in [1.29, 1.82) is 0 Å². The van der Waals surface area contributed by atoms with Crippen molar-refractivity contribution in [1.82, 2.24) is 4.98 Å². The Morgan fingerprint density at radius 2 is 2.20 bits per heavy atom. The van der Waals surface area contributed by atoms with Gasteiger partial charge in [-0.1, -0.05) is 21.1 Å². The molecule has 0 aliphatic heterocycles. The average molecular weight is 335 g/mol. The van der Waals surface area contributed by atoms with Crippen LogP contribution < -0.4 is 11.1 Å². The third-order valence-electron chi connectivity index (χ3n) is 2.85. The number of benzene rings is 1. The number of pyridine rings is 1. The topological polar surface area (TPSA) is 83.5 Å². The quantitative estimate of drug-likeness (QED) is 0.347. The molecule has 0 saturated heterocycles. The van der Waals surface area contributed by atoms with Crippen LogP contribution in [0.15, 0.2) is 46.2 Å². The van der Waals surface area contributed by atoms with Crippen LogP contribution >= 0.6 is 15.9 Å². The SMILES string of the molecule is Cc1cc(NCc2ccnc(C(N)=NO)c2)ccc1Br. The predicted molar refractivity (Wildman–Crippen MR) is 83.0 cm³/mol. The van der Waals surface area contributed by atoms with Crippen molar-refractivity contribution < 1.29 is 5.21 Å². The molecule has 2 rings (SSSR count). The lowest BCUT2D eigenvalue weighted by Crippen LogP contribution is -2.15. The number of rotatable bonds is 4. The molecule has 0 fully saturated rings. The van der Waals surface area contributed by atoms with Crippen molar-refractivity contribution in [3.05, 3.63) is 57.8 Å². The van der Waals surface area contributed by atoms with Crippen LogP contribution in [0.5, 0.6) is 0 Å². The summed E-state index contributed by atoms with van der Waals surface area (Å²) in [5.41, 5.74) is 9.18. The Bertz CT molecular complexity index is 643. The first-order chi connectivity index (χ1) is 9.60. The van der Waals surface area contributed by atoms with Gasteiger partial charge in [0.15, 0.2) is 5.84 Å². The van der Waals surface area contributed by atoms with Crippen LogP contribution in [0.1, 0.15) is 16.8 Å². The minimum atomic E-state index is 0.00587. The first-order valence-corrected chi connectivity index (χ1v) is 6.82. The molecule has 0 bridgehead atoms. The molecule has 0 amide bonds. The predicted octanol–water partition coefficient (Wildman–Crippen LogP) is 2.86. The second-order valence-corrected chi connectivity index (χ2v) is 5.21. The van der Waals surface area contributed by atoms with Crippen LogP contribution in [0.3, 0.4) is 0 Å². The number of nitrogens with one attached hydrogen (secondary N) is 1. The van der Waals surface area contributed by atoms with E-state index in [0.29, 0.717) is 12.2 Å². The van der Waals surface area contributed by atoms with Crippen LogP contribution in [-0.2, 0) is 6.54 Å². The van der Waals surface area contributed by atoms with E-state index in [9.17, 15) is 0 Å². The first-order valence-electron chi connectivity index (χ1n) is 6.03. The molecule has 0 aliphatic carbocycles.